The molecule has 3 heterocycles. The predicted octanol–water partition coefficient (Wildman–Crippen LogP) is 4.19. The van der Waals surface area contributed by atoms with Crippen molar-refractivity contribution in [3.63, 3.8) is 0 Å². The number of ether oxygens (including phenoxy) is 1. The molecule has 1 saturated heterocycles. The summed E-state index contributed by atoms with van der Waals surface area (Å²) in [6.07, 6.45) is 9.35. The maximum atomic E-state index is 12.6. The molecule has 1 amide bonds. The molecule has 5 heteroatoms. The quantitative estimate of drug-likeness (QED) is 0.767. The number of carbonyl (C=O) groups is 1. The summed E-state index contributed by atoms with van der Waals surface area (Å²) in [4.78, 5) is 21.3. The number of benzene rings is 1. The summed E-state index contributed by atoms with van der Waals surface area (Å²) < 4.78 is 5.84. The van der Waals surface area contributed by atoms with Gasteiger partial charge in [-0.15, -0.1) is 0 Å². The summed E-state index contributed by atoms with van der Waals surface area (Å²) in [6, 6.07) is 12.6. The molecule has 1 spiro atoms. The lowest BCUT2D eigenvalue weighted by Gasteiger charge is -2.47. The van der Waals surface area contributed by atoms with Gasteiger partial charge in [0.05, 0.1) is 23.5 Å². The summed E-state index contributed by atoms with van der Waals surface area (Å²) in [5.41, 5.74) is 1.88. The molecule has 0 N–H and O–H groups in total. The Balaban J connectivity index is 1.48. The summed E-state index contributed by atoms with van der Waals surface area (Å²) in [6.45, 7) is 8.17. The lowest BCUT2D eigenvalue weighted by atomic mass is 9.83. The molecule has 2 atom stereocenters. The highest BCUT2D eigenvalue weighted by atomic mass is 16.5. The number of pyridine rings is 1. The number of piperidine rings is 1. The van der Waals surface area contributed by atoms with Crippen LogP contribution in [-0.4, -0.2) is 40.0 Å². The Hall–Kier alpha value is -2.66. The smallest absolute Gasteiger partial charge is 0.251 e. The van der Waals surface area contributed by atoms with Crippen LogP contribution in [0.15, 0.2) is 60.9 Å². The Morgan fingerprint density at radius 2 is 2.14 bits per heavy atom. The first kappa shape index (κ1) is 19.6. The van der Waals surface area contributed by atoms with E-state index in [1.54, 1.807) is 18.5 Å². The van der Waals surface area contributed by atoms with Crippen LogP contribution >= 0.6 is 0 Å². The monoisotopic (exact) mass is 391 g/mol. The van der Waals surface area contributed by atoms with Crippen molar-refractivity contribution in [2.24, 2.45) is 0 Å². The number of rotatable bonds is 5. The van der Waals surface area contributed by atoms with Crippen molar-refractivity contribution in [3.8, 4) is 5.75 Å². The van der Waals surface area contributed by atoms with Gasteiger partial charge >= 0.3 is 0 Å². The van der Waals surface area contributed by atoms with Crippen LogP contribution in [0.5, 0.6) is 5.75 Å². The highest BCUT2D eigenvalue weighted by Gasteiger charge is 2.46. The number of hydrogen-bond donors (Lipinski definition) is 0. The topological polar surface area (TPSA) is 45.7 Å². The molecule has 0 aliphatic carbocycles. The van der Waals surface area contributed by atoms with Gasteiger partial charge in [0.15, 0.2) is 0 Å². The van der Waals surface area contributed by atoms with E-state index >= 15 is 0 Å². The molecule has 0 unspecified atom stereocenters. The second kappa shape index (κ2) is 7.99. The largest absolute Gasteiger partial charge is 0.491 e. The summed E-state index contributed by atoms with van der Waals surface area (Å²) >= 11 is 0. The molecule has 4 rings (SSSR count). The zero-order valence-corrected chi connectivity index (χ0v) is 17.4. The second-order valence-electron chi connectivity index (χ2n) is 8.41. The van der Waals surface area contributed by atoms with Gasteiger partial charge in [0.2, 0.25) is 0 Å². The van der Waals surface area contributed by atoms with Crippen molar-refractivity contribution < 1.29 is 9.53 Å². The highest BCUT2D eigenvalue weighted by Crippen LogP contribution is 2.40. The molecule has 29 heavy (non-hydrogen) atoms. The van der Waals surface area contributed by atoms with Gasteiger partial charge < -0.3 is 4.74 Å². The van der Waals surface area contributed by atoms with Crippen molar-refractivity contribution in [1.29, 1.82) is 0 Å². The molecular formula is C24H29N3O2. The molecule has 1 aromatic heterocycles. The van der Waals surface area contributed by atoms with Crippen LogP contribution in [0.3, 0.4) is 0 Å². The molecular weight excluding hydrogens is 362 g/mol. The van der Waals surface area contributed by atoms with Crippen molar-refractivity contribution in [2.75, 3.05) is 11.4 Å². The third-order valence-electron chi connectivity index (χ3n) is 5.87. The molecule has 2 aliphatic rings. The molecule has 152 valence electrons. The maximum absolute atomic E-state index is 12.6. The van der Waals surface area contributed by atoms with Gasteiger partial charge in [-0.25, -0.2) is 0 Å². The molecule has 0 saturated carbocycles. The van der Waals surface area contributed by atoms with Crippen LogP contribution in [0.25, 0.3) is 0 Å². The van der Waals surface area contributed by atoms with Gasteiger partial charge in [-0.1, -0.05) is 18.2 Å². The number of amides is 1. The van der Waals surface area contributed by atoms with Gasteiger partial charge in [-0.3, -0.25) is 19.6 Å². The van der Waals surface area contributed by atoms with Crippen LogP contribution in [0.1, 0.15) is 39.2 Å². The Morgan fingerprint density at radius 3 is 2.86 bits per heavy atom. The average molecular weight is 392 g/mol. The van der Waals surface area contributed by atoms with Crippen LogP contribution in [0.4, 0.5) is 5.69 Å². The van der Waals surface area contributed by atoms with Crippen molar-refractivity contribution in [3.05, 3.63) is 66.5 Å². The normalized spacial score (nSPS) is 24.6. The minimum absolute atomic E-state index is 0.0529. The lowest BCUT2D eigenvalue weighted by Crippen LogP contribution is -2.56. The van der Waals surface area contributed by atoms with Crippen molar-refractivity contribution in [2.45, 2.75) is 57.8 Å². The first-order chi connectivity index (χ1) is 14.0. The summed E-state index contributed by atoms with van der Waals surface area (Å²) in [5.74, 6) is 0.975. The second-order valence-corrected chi connectivity index (χ2v) is 8.41. The van der Waals surface area contributed by atoms with Gasteiger partial charge in [-0.05, 0) is 63.4 Å². The van der Waals surface area contributed by atoms with Gasteiger partial charge in [0, 0.05) is 31.4 Å². The average Bonchev–Trinajstić information content (AvgIpc) is 3.00. The van der Waals surface area contributed by atoms with E-state index in [1.165, 1.54) is 5.56 Å². The van der Waals surface area contributed by atoms with E-state index in [-0.39, 0.29) is 17.6 Å². The van der Waals surface area contributed by atoms with Crippen LogP contribution in [0.2, 0.25) is 0 Å². The van der Waals surface area contributed by atoms with E-state index in [9.17, 15) is 4.79 Å². The van der Waals surface area contributed by atoms with E-state index in [4.69, 9.17) is 4.74 Å². The number of carbonyl (C=O) groups excluding carboxylic acids is 1. The third-order valence-corrected chi connectivity index (χ3v) is 5.87. The summed E-state index contributed by atoms with van der Waals surface area (Å²) in [5, 5.41) is 0. The third kappa shape index (κ3) is 4.06. The van der Waals surface area contributed by atoms with Crippen LogP contribution in [0, 0.1) is 0 Å². The minimum atomic E-state index is -0.251. The first-order valence-electron chi connectivity index (χ1n) is 10.4. The number of nitrogens with zero attached hydrogens (tertiary/aromatic N) is 3. The van der Waals surface area contributed by atoms with E-state index in [1.807, 2.05) is 36.9 Å². The zero-order chi connectivity index (χ0) is 20.4. The van der Waals surface area contributed by atoms with Crippen LogP contribution in [-0.2, 0) is 11.3 Å². The number of aromatic nitrogens is 1. The molecule has 0 radical (unpaired) electrons. The lowest BCUT2D eigenvalue weighted by molar-refractivity contribution is -0.114. The highest BCUT2D eigenvalue weighted by molar-refractivity contribution is 6.06. The van der Waals surface area contributed by atoms with E-state index < -0.39 is 0 Å². The predicted molar refractivity (Wildman–Crippen MR) is 115 cm³/mol. The Bertz CT molecular complexity index is 896. The Morgan fingerprint density at radius 1 is 1.28 bits per heavy atom. The van der Waals surface area contributed by atoms with E-state index in [2.05, 4.69) is 41.1 Å². The standard InChI is InChI=1S/C24H29N3O2/c1-18(2)29-22-8-4-6-20(14-22)17-26-13-11-24(15-19(26)3)10-9-23(28)27(24)21-7-5-12-25-16-21/h4-10,12,14,16,18-19H,11,13,15,17H2,1-3H3/t19-,24+/m0/s1. The number of likely N-dealkylation sites (tertiary alicyclic amines) is 1. The summed E-state index contributed by atoms with van der Waals surface area (Å²) in [7, 11) is 0. The Kier molecular flexibility index (Phi) is 5.41. The fourth-order valence-corrected chi connectivity index (χ4v) is 4.58. The zero-order valence-electron chi connectivity index (χ0n) is 17.4. The fraction of sp³-hybridized carbons (Fsp3) is 0.417. The molecule has 2 aliphatic heterocycles. The number of anilines is 1. The fourth-order valence-electron chi connectivity index (χ4n) is 4.58. The molecule has 0 bridgehead atoms. The maximum Gasteiger partial charge on any atom is 0.251 e. The van der Waals surface area contributed by atoms with Crippen molar-refractivity contribution in [1.82, 2.24) is 9.88 Å². The van der Waals surface area contributed by atoms with Crippen molar-refractivity contribution >= 4 is 11.6 Å². The van der Waals surface area contributed by atoms with Gasteiger partial charge in [0.25, 0.3) is 5.91 Å². The number of hydrogen-bond acceptors (Lipinski definition) is 4. The minimum Gasteiger partial charge on any atom is -0.491 e. The molecule has 1 aromatic carbocycles. The van der Waals surface area contributed by atoms with Gasteiger partial charge in [-0.2, -0.15) is 0 Å². The SMILES string of the molecule is CC(C)Oc1cccc(CN2CC[C@]3(C=CC(=O)N3c3cccnc3)C[C@@H]2C)c1. The van der Waals surface area contributed by atoms with Crippen LogP contribution < -0.4 is 9.64 Å². The Labute approximate surface area is 173 Å². The van der Waals surface area contributed by atoms with Gasteiger partial charge in [0.1, 0.15) is 5.75 Å². The molecule has 5 nitrogen and oxygen atoms in total. The van der Waals surface area contributed by atoms with E-state index in [0.717, 1.165) is 37.4 Å². The molecule has 2 aromatic rings. The van der Waals surface area contributed by atoms with E-state index in [0.29, 0.717) is 6.04 Å². The molecule has 1 fully saturated rings. The first-order valence-corrected chi connectivity index (χ1v) is 10.4.